The number of thiazole rings is 1. The van der Waals surface area contributed by atoms with Crippen LogP contribution in [0.2, 0.25) is 0 Å². The number of benzene rings is 1. The van der Waals surface area contributed by atoms with Gasteiger partial charge in [-0.05, 0) is 43.4 Å². The van der Waals surface area contributed by atoms with Crippen LogP contribution in [-0.2, 0) is 24.2 Å². The molecule has 0 radical (unpaired) electrons. The fraction of sp³-hybridized carbons (Fsp3) is 0.421. The van der Waals surface area contributed by atoms with Gasteiger partial charge in [0.2, 0.25) is 5.91 Å². The standard InChI is InChI=1S/C19H21FN4O2S/c20-13-7-5-12(6-8-13)17-18(25)21-9-10-24(17)19(26)22-11-16-23-14-3-1-2-4-15(14)27-16/h5-8,17H,1-4,9-11H2,(H,21,25)(H,22,26)/t17-/m0/s1. The van der Waals surface area contributed by atoms with Gasteiger partial charge in [-0.15, -0.1) is 11.3 Å². The van der Waals surface area contributed by atoms with Gasteiger partial charge >= 0.3 is 6.03 Å². The molecule has 6 nitrogen and oxygen atoms in total. The average Bonchev–Trinajstić information content (AvgIpc) is 3.10. The summed E-state index contributed by atoms with van der Waals surface area (Å²) in [6.45, 7) is 1.15. The maximum Gasteiger partial charge on any atom is 0.318 e. The van der Waals surface area contributed by atoms with E-state index >= 15 is 0 Å². The first-order valence-corrected chi connectivity index (χ1v) is 9.98. The molecule has 142 valence electrons. The molecule has 27 heavy (non-hydrogen) atoms. The van der Waals surface area contributed by atoms with Crippen molar-refractivity contribution in [3.05, 3.63) is 51.2 Å². The van der Waals surface area contributed by atoms with E-state index in [1.165, 1.54) is 34.8 Å². The van der Waals surface area contributed by atoms with Crippen molar-refractivity contribution in [2.75, 3.05) is 13.1 Å². The SMILES string of the molecule is O=C1NCCN(C(=O)NCc2nc3c(s2)CCCC3)[C@H]1c1ccc(F)cc1. The number of piperazine rings is 1. The van der Waals surface area contributed by atoms with Crippen LogP contribution in [0.3, 0.4) is 0 Å². The van der Waals surface area contributed by atoms with Gasteiger partial charge in [-0.3, -0.25) is 4.79 Å². The van der Waals surface area contributed by atoms with Crippen molar-refractivity contribution in [2.45, 2.75) is 38.3 Å². The number of rotatable bonds is 3. The third-order valence-electron chi connectivity index (χ3n) is 4.94. The van der Waals surface area contributed by atoms with Gasteiger partial charge in [0.15, 0.2) is 0 Å². The Labute approximate surface area is 160 Å². The quantitative estimate of drug-likeness (QED) is 0.849. The highest BCUT2D eigenvalue weighted by Gasteiger charge is 2.34. The van der Waals surface area contributed by atoms with Crippen LogP contribution in [0.5, 0.6) is 0 Å². The maximum atomic E-state index is 13.2. The molecule has 1 aliphatic heterocycles. The minimum atomic E-state index is -0.760. The van der Waals surface area contributed by atoms with Crippen LogP contribution in [0.1, 0.15) is 40.0 Å². The van der Waals surface area contributed by atoms with Crippen molar-refractivity contribution in [3.63, 3.8) is 0 Å². The van der Waals surface area contributed by atoms with E-state index in [9.17, 15) is 14.0 Å². The molecule has 4 rings (SSSR count). The van der Waals surface area contributed by atoms with Crippen molar-refractivity contribution in [1.82, 2.24) is 20.5 Å². The highest BCUT2D eigenvalue weighted by molar-refractivity contribution is 7.11. The van der Waals surface area contributed by atoms with Crippen LogP contribution in [0.4, 0.5) is 9.18 Å². The summed E-state index contributed by atoms with van der Waals surface area (Å²) in [6, 6.07) is 4.61. The van der Waals surface area contributed by atoms with E-state index in [1.54, 1.807) is 23.5 Å². The Bertz CT molecular complexity index is 828. The highest BCUT2D eigenvalue weighted by atomic mass is 32.1. The lowest BCUT2D eigenvalue weighted by atomic mass is 10.0. The number of hydrogen-bond donors (Lipinski definition) is 2. The van der Waals surface area contributed by atoms with Gasteiger partial charge in [0.1, 0.15) is 16.9 Å². The molecule has 1 atom stereocenters. The van der Waals surface area contributed by atoms with Crippen molar-refractivity contribution in [3.8, 4) is 0 Å². The molecule has 1 aromatic heterocycles. The fourth-order valence-corrected chi connectivity index (χ4v) is 4.69. The van der Waals surface area contributed by atoms with E-state index in [4.69, 9.17) is 0 Å². The Morgan fingerprint density at radius 2 is 2.07 bits per heavy atom. The minimum Gasteiger partial charge on any atom is -0.352 e. The van der Waals surface area contributed by atoms with E-state index in [2.05, 4.69) is 15.6 Å². The lowest BCUT2D eigenvalue weighted by molar-refractivity contribution is -0.127. The van der Waals surface area contributed by atoms with Crippen LogP contribution >= 0.6 is 11.3 Å². The summed E-state index contributed by atoms with van der Waals surface area (Å²) in [5.74, 6) is -0.633. The molecule has 2 aliphatic rings. The van der Waals surface area contributed by atoms with Crippen molar-refractivity contribution >= 4 is 23.3 Å². The zero-order valence-electron chi connectivity index (χ0n) is 14.8. The maximum absolute atomic E-state index is 13.2. The Kier molecular flexibility index (Phi) is 5.07. The van der Waals surface area contributed by atoms with Crippen molar-refractivity contribution < 1.29 is 14.0 Å². The molecule has 0 saturated carbocycles. The number of carbonyl (C=O) groups excluding carboxylic acids is 2. The third-order valence-corrected chi connectivity index (χ3v) is 6.10. The monoisotopic (exact) mass is 388 g/mol. The molecule has 2 heterocycles. The number of amides is 3. The number of fused-ring (bicyclic) bond motifs is 1. The zero-order chi connectivity index (χ0) is 18.8. The van der Waals surface area contributed by atoms with Gasteiger partial charge in [-0.25, -0.2) is 14.2 Å². The Hall–Kier alpha value is -2.48. The number of aromatic nitrogens is 1. The molecule has 8 heteroatoms. The largest absolute Gasteiger partial charge is 0.352 e. The molecule has 1 aromatic carbocycles. The minimum absolute atomic E-state index is 0.257. The number of nitrogens with one attached hydrogen (secondary N) is 2. The second-order valence-electron chi connectivity index (χ2n) is 6.78. The predicted molar refractivity (Wildman–Crippen MR) is 99.8 cm³/mol. The number of hydrogen-bond acceptors (Lipinski definition) is 4. The fourth-order valence-electron chi connectivity index (χ4n) is 3.60. The molecule has 3 amide bonds. The summed E-state index contributed by atoms with van der Waals surface area (Å²) in [4.78, 5) is 32.6. The summed E-state index contributed by atoms with van der Waals surface area (Å²) in [5, 5.41) is 6.56. The van der Waals surface area contributed by atoms with Gasteiger partial charge < -0.3 is 15.5 Å². The number of nitrogens with zero attached hydrogens (tertiary/aromatic N) is 2. The summed E-state index contributed by atoms with van der Waals surface area (Å²) in [6.07, 6.45) is 4.45. The summed E-state index contributed by atoms with van der Waals surface area (Å²) >= 11 is 1.66. The zero-order valence-corrected chi connectivity index (χ0v) is 15.7. The summed E-state index contributed by atoms with van der Waals surface area (Å²) in [5.41, 5.74) is 1.76. The molecule has 0 spiro atoms. The Balaban J connectivity index is 1.46. The van der Waals surface area contributed by atoms with E-state index < -0.39 is 6.04 Å². The lowest BCUT2D eigenvalue weighted by Crippen LogP contribution is -2.54. The highest BCUT2D eigenvalue weighted by Crippen LogP contribution is 2.27. The van der Waals surface area contributed by atoms with E-state index in [-0.39, 0.29) is 17.8 Å². The molecule has 1 saturated heterocycles. The van der Waals surface area contributed by atoms with Crippen LogP contribution in [0.15, 0.2) is 24.3 Å². The predicted octanol–water partition coefficient (Wildman–Crippen LogP) is 2.54. The molecule has 0 unspecified atom stereocenters. The van der Waals surface area contributed by atoms with E-state index in [0.29, 0.717) is 25.2 Å². The van der Waals surface area contributed by atoms with E-state index in [0.717, 1.165) is 23.5 Å². The third kappa shape index (κ3) is 3.80. The normalized spacial score (nSPS) is 19.4. The molecule has 0 bridgehead atoms. The average molecular weight is 388 g/mol. The van der Waals surface area contributed by atoms with Crippen molar-refractivity contribution in [2.24, 2.45) is 0 Å². The summed E-state index contributed by atoms with van der Waals surface area (Å²) < 4.78 is 13.2. The molecule has 2 N–H and O–H groups in total. The van der Waals surface area contributed by atoms with Gasteiger partial charge in [0, 0.05) is 18.0 Å². The van der Waals surface area contributed by atoms with Gasteiger partial charge in [-0.2, -0.15) is 0 Å². The molecular weight excluding hydrogens is 367 g/mol. The second kappa shape index (κ2) is 7.64. The number of carbonyl (C=O) groups is 2. The van der Waals surface area contributed by atoms with E-state index in [1.807, 2.05) is 0 Å². The van der Waals surface area contributed by atoms with Crippen LogP contribution in [0.25, 0.3) is 0 Å². The molecular formula is C19H21FN4O2S. The molecule has 1 fully saturated rings. The van der Waals surface area contributed by atoms with Crippen molar-refractivity contribution in [1.29, 1.82) is 0 Å². The second-order valence-corrected chi connectivity index (χ2v) is 7.95. The van der Waals surface area contributed by atoms with Crippen LogP contribution < -0.4 is 10.6 Å². The number of urea groups is 1. The Morgan fingerprint density at radius 3 is 2.85 bits per heavy atom. The van der Waals surface area contributed by atoms with Crippen LogP contribution in [0, 0.1) is 5.82 Å². The number of halogens is 1. The number of aryl methyl sites for hydroxylation is 2. The van der Waals surface area contributed by atoms with Gasteiger partial charge in [0.25, 0.3) is 0 Å². The smallest absolute Gasteiger partial charge is 0.318 e. The first kappa shape index (κ1) is 17.9. The lowest BCUT2D eigenvalue weighted by Gasteiger charge is -2.35. The molecule has 1 aliphatic carbocycles. The Morgan fingerprint density at radius 1 is 1.30 bits per heavy atom. The first-order valence-electron chi connectivity index (χ1n) is 9.17. The summed E-state index contributed by atoms with van der Waals surface area (Å²) in [7, 11) is 0. The van der Waals surface area contributed by atoms with Crippen LogP contribution in [-0.4, -0.2) is 34.9 Å². The first-order chi connectivity index (χ1) is 13.1. The van der Waals surface area contributed by atoms with Gasteiger partial charge in [-0.1, -0.05) is 12.1 Å². The topological polar surface area (TPSA) is 74.3 Å². The van der Waals surface area contributed by atoms with Gasteiger partial charge in [0.05, 0.1) is 12.2 Å². The molecule has 2 aromatic rings.